The predicted molar refractivity (Wildman–Crippen MR) is 157 cm³/mol. The summed E-state index contributed by atoms with van der Waals surface area (Å²) >= 11 is 1.27. The normalized spacial score (nSPS) is 20.2. The van der Waals surface area contributed by atoms with E-state index in [4.69, 9.17) is 9.47 Å². The van der Waals surface area contributed by atoms with Crippen LogP contribution in [0.4, 0.5) is 5.13 Å². The van der Waals surface area contributed by atoms with Gasteiger partial charge in [-0.05, 0) is 63.4 Å². The van der Waals surface area contributed by atoms with Crippen molar-refractivity contribution in [3.8, 4) is 5.88 Å². The van der Waals surface area contributed by atoms with Gasteiger partial charge in [0, 0.05) is 37.9 Å². The van der Waals surface area contributed by atoms with E-state index in [0.29, 0.717) is 46.6 Å². The molecule has 218 valence electrons. The molecule has 3 aromatic rings. The number of hydrazone groups is 1. The number of carbonyl (C=O) groups excluding carboxylic acids is 1. The molecule has 3 aliphatic rings. The van der Waals surface area contributed by atoms with Crippen LogP contribution in [0.1, 0.15) is 37.7 Å². The molecule has 3 fully saturated rings. The molecule has 0 aliphatic carbocycles. The number of likely N-dealkylation sites (tertiary alicyclic amines) is 1. The lowest BCUT2D eigenvalue weighted by atomic mass is 10.1. The van der Waals surface area contributed by atoms with Crippen LogP contribution in [0.2, 0.25) is 0 Å². The molecule has 41 heavy (non-hydrogen) atoms. The van der Waals surface area contributed by atoms with Gasteiger partial charge in [-0.1, -0.05) is 23.5 Å². The van der Waals surface area contributed by atoms with Gasteiger partial charge in [-0.25, -0.2) is 18.4 Å². The van der Waals surface area contributed by atoms with E-state index >= 15 is 0 Å². The minimum Gasteiger partial charge on any atom is -0.476 e. The maximum absolute atomic E-state index is 13.5. The minimum absolute atomic E-state index is 0.206. The minimum atomic E-state index is -3.50. The summed E-state index contributed by atoms with van der Waals surface area (Å²) in [5.41, 5.74) is 1.41. The number of thiazole rings is 1. The number of sulfone groups is 1. The number of rotatable bonds is 10. The first-order valence-corrected chi connectivity index (χ1v) is 16.5. The molecule has 1 aromatic carbocycles. The van der Waals surface area contributed by atoms with Gasteiger partial charge in [0.2, 0.25) is 5.88 Å². The van der Waals surface area contributed by atoms with Crippen LogP contribution in [-0.2, 0) is 19.4 Å². The van der Waals surface area contributed by atoms with Gasteiger partial charge in [0.15, 0.2) is 20.7 Å². The Morgan fingerprint density at radius 2 is 1.80 bits per heavy atom. The number of hydrogen-bond acceptors (Lipinski definition) is 11. The van der Waals surface area contributed by atoms with Crippen molar-refractivity contribution in [2.24, 2.45) is 5.10 Å². The second kappa shape index (κ2) is 12.4. The van der Waals surface area contributed by atoms with E-state index in [-0.39, 0.29) is 17.2 Å². The molecule has 1 amide bonds. The van der Waals surface area contributed by atoms with E-state index in [1.807, 2.05) is 11.1 Å². The van der Waals surface area contributed by atoms with Crippen LogP contribution >= 0.6 is 11.3 Å². The molecule has 6 rings (SSSR count). The van der Waals surface area contributed by atoms with E-state index in [1.165, 1.54) is 24.2 Å². The molecule has 1 atom stereocenters. The zero-order valence-corrected chi connectivity index (χ0v) is 24.5. The van der Waals surface area contributed by atoms with Gasteiger partial charge in [0.05, 0.1) is 16.8 Å². The van der Waals surface area contributed by atoms with Crippen LogP contribution in [0, 0.1) is 0 Å². The standard InChI is InChI=1S/C28H34N6O5S2/c35-26(31-28-29-23-9-10-24(30-27(23)40-28)39-18-16-33-12-1-2-13-33)25(32-34-14-3-4-15-34)20-5-7-21(8-6-20)41(36,37)22-11-17-38-19-22/h5-10,22H,1-4,11-19H2,(H,29,31,35)/t22-/m0/s1. The summed E-state index contributed by atoms with van der Waals surface area (Å²) in [5, 5.41) is 9.27. The van der Waals surface area contributed by atoms with Gasteiger partial charge >= 0.3 is 0 Å². The van der Waals surface area contributed by atoms with Gasteiger partial charge < -0.3 is 9.47 Å². The number of anilines is 1. The number of nitrogens with zero attached hydrogens (tertiary/aromatic N) is 5. The molecule has 3 saturated heterocycles. The lowest BCUT2D eigenvalue weighted by Crippen LogP contribution is -2.27. The van der Waals surface area contributed by atoms with Crippen LogP contribution in [0.3, 0.4) is 0 Å². The van der Waals surface area contributed by atoms with Crippen molar-refractivity contribution in [1.82, 2.24) is 19.9 Å². The fourth-order valence-corrected chi connectivity index (χ4v) is 7.71. The molecule has 1 N–H and O–H groups in total. The first-order valence-electron chi connectivity index (χ1n) is 14.2. The monoisotopic (exact) mass is 598 g/mol. The van der Waals surface area contributed by atoms with Gasteiger partial charge in [0.25, 0.3) is 5.91 Å². The maximum Gasteiger partial charge on any atom is 0.278 e. The van der Waals surface area contributed by atoms with Crippen molar-refractivity contribution in [3.63, 3.8) is 0 Å². The van der Waals surface area contributed by atoms with E-state index in [1.54, 1.807) is 30.3 Å². The Bertz CT molecular complexity index is 1510. The highest BCUT2D eigenvalue weighted by molar-refractivity contribution is 7.92. The Morgan fingerprint density at radius 1 is 1.05 bits per heavy atom. The third kappa shape index (κ3) is 6.53. The summed E-state index contributed by atoms with van der Waals surface area (Å²) in [5.74, 6) is 0.117. The number of pyridine rings is 1. The molecule has 0 bridgehead atoms. The quantitative estimate of drug-likeness (QED) is 0.350. The summed E-state index contributed by atoms with van der Waals surface area (Å²) in [4.78, 5) is 25.9. The van der Waals surface area contributed by atoms with Crippen molar-refractivity contribution < 1.29 is 22.7 Å². The van der Waals surface area contributed by atoms with Crippen LogP contribution in [0.25, 0.3) is 10.3 Å². The molecular weight excluding hydrogens is 564 g/mol. The number of fused-ring (bicyclic) bond motifs is 1. The van der Waals surface area contributed by atoms with Crippen molar-refractivity contribution in [1.29, 1.82) is 0 Å². The number of aromatic nitrogens is 2. The second-order valence-corrected chi connectivity index (χ2v) is 13.7. The Hall–Kier alpha value is -3.13. The third-order valence-corrected chi connectivity index (χ3v) is 10.7. The van der Waals surface area contributed by atoms with Crippen molar-refractivity contribution in [3.05, 3.63) is 42.0 Å². The van der Waals surface area contributed by atoms with Crippen LogP contribution < -0.4 is 10.1 Å². The lowest BCUT2D eigenvalue weighted by molar-refractivity contribution is -0.110. The Labute approximate surface area is 243 Å². The summed E-state index contributed by atoms with van der Waals surface area (Å²) in [6.45, 7) is 5.87. The SMILES string of the molecule is O=C(Nc1nc2ccc(OCCN3CCCC3)nc2s1)C(=NN1CCCC1)c1ccc(S(=O)(=O)[C@H]2CCOC2)cc1. The molecule has 0 radical (unpaired) electrons. The average Bonchev–Trinajstić information content (AvgIpc) is 3.80. The Kier molecular flexibility index (Phi) is 8.47. The fraction of sp³-hybridized carbons (Fsp3) is 0.500. The molecule has 13 heteroatoms. The molecule has 0 unspecified atom stereocenters. The Balaban J connectivity index is 1.17. The highest BCUT2D eigenvalue weighted by Crippen LogP contribution is 2.27. The molecule has 2 aromatic heterocycles. The number of nitrogens with one attached hydrogen (secondary N) is 1. The third-order valence-electron chi connectivity index (χ3n) is 7.63. The first kappa shape index (κ1) is 28.0. The highest BCUT2D eigenvalue weighted by atomic mass is 32.2. The zero-order chi connectivity index (χ0) is 28.2. The number of benzene rings is 1. The van der Waals surface area contributed by atoms with Gasteiger partial charge in [-0.2, -0.15) is 5.10 Å². The zero-order valence-electron chi connectivity index (χ0n) is 22.8. The topological polar surface area (TPSA) is 126 Å². The van der Waals surface area contributed by atoms with Crippen molar-refractivity contribution >= 4 is 48.3 Å². The molecule has 11 nitrogen and oxygen atoms in total. The molecule has 3 aliphatic heterocycles. The molecule has 5 heterocycles. The predicted octanol–water partition coefficient (Wildman–Crippen LogP) is 3.17. The molecular formula is C28H34N6O5S2. The summed E-state index contributed by atoms with van der Waals surface area (Å²) in [6, 6.07) is 10.0. The van der Waals surface area contributed by atoms with Crippen LogP contribution in [-0.4, -0.2) is 97.7 Å². The smallest absolute Gasteiger partial charge is 0.278 e. The molecule has 0 spiro atoms. The average molecular weight is 599 g/mol. The van der Waals surface area contributed by atoms with Gasteiger partial charge in [-0.3, -0.25) is 20.0 Å². The van der Waals surface area contributed by atoms with Crippen molar-refractivity contribution in [2.75, 3.05) is 57.9 Å². The largest absolute Gasteiger partial charge is 0.476 e. The van der Waals surface area contributed by atoms with E-state index in [2.05, 4.69) is 25.3 Å². The van der Waals surface area contributed by atoms with E-state index in [0.717, 1.165) is 45.6 Å². The van der Waals surface area contributed by atoms with E-state index < -0.39 is 21.0 Å². The summed E-state index contributed by atoms with van der Waals surface area (Å²) in [6.07, 6.45) is 4.98. The summed E-state index contributed by atoms with van der Waals surface area (Å²) < 4.78 is 37.1. The van der Waals surface area contributed by atoms with E-state index in [9.17, 15) is 13.2 Å². The highest BCUT2D eigenvalue weighted by Gasteiger charge is 2.31. The summed E-state index contributed by atoms with van der Waals surface area (Å²) in [7, 11) is -3.50. The fourth-order valence-electron chi connectivity index (χ4n) is 5.30. The Morgan fingerprint density at radius 3 is 2.54 bits per heavy atom. The maximum atomic E-state index is 13.5. The van der Waals surface area contributed by atoms with Crippen LogP contribution in [0.5, 0.6) is 5.88 Å². The number of ether oxygens (including phenoxy) is 2. The first-order chi connectivity index (χ1) is 20.0. The second-order valence-electron chi connectivity index (χ2n) is 10.5. The van der Waals surface area contributed by atoms with Crippen LogP contribution in [0.15, 0.2) is 46.4 Å². The van der Waals surface area contributed by atoms with Gasteiger partial charge in [-0.15, -0.1) is 0 Å². The van der Waals surface area contributed by atoms with Gasteiger partial charge in [0.1, 0.15) is 17.0 Å². The number of amides is 1. The number of hydrogen-bond donors (Lipinski definition) is 1. The van der Waals surface area contributed by atoms with Crippen molar-refractivity contribution in [2.45, 2.75) is 42.2 Å². The lowest BCUT2D eigenvalue weighted by Gasteiger charge is -2.15. The number of carbonyl (C=O) groups is 1. The molecule has 0 saturated carbocycles.